The molecule has 5 heteroatoms. The van der Waals surface area contributed by atoms with Gasteiger partial charge in [0, 0.05) is 12.2 Å². The van der Waals surface area contributed by atoms with Crippen LogP contribution in [0, 0.1) is 5.82 Å². The van der Waals surface area contributed by atoms with E-state index in [0.29, 0.717) is 5.75 Å². The van der Waals surface area contributed by atoms with E-state index in [4.69, 9.17) is 9.47 Å². The van der Waals surface area contributed by atoms with Crippen molar-refractivity contribution in [2.24, 2.45) is 0 Å². The number of benzene rings is 3. The van der Waals surface area contributed by atoms with Crippen LogP contribution in [0.15, 0.2) is 78.9 Å². The highest BCUT2D eigenvalue weighted by atomic mass is 19.1. The summed E-state index contributed by atoms with van der Waals surface area (Å²) in [6, 6.07) is 18.3. The van der Waals surface area contributed by atoms with Crippen LogP contribution in [0.5, 0.6) is 11.5 Å². The third-order valence-electron chi connectivity index (χ3n) is 3.34. The average Bonchev–Trinajstić information content (AvgIpc) is 2.62. The molecule has 0 radical (unpaired) electrons. The highest BCUT2D eigenvalue weighted by Crippen LogP contribution is 2.20. The van der Waals surface area contributed by atoms with E-state index in [1.54, 1.807) is 12.1 Å². The average molecular weight is 336 g/mol. The number of halogens is 1. The highest BCUT2D eigenvalue weighted by molar-refractivity contribution is 5.94. The summed E-state index contributed by atoms with van der Waals surface area (Å²) in [6.45, 7) is 0. The maximum atomic E-state index is 13.4. The van der Waals surface area contributed by atoms with Gasteiger partial charge in [-0.15, -0.1) is 0 Å². The van der Waals surface area contributed by atoms with Gasteiger partial charge in [-0.1, -0.05) is 42.5 Å². The van der Waals surface area contributed by atoms with E-state index in [1.165, 1.54) is 24.3 Å². The number of carbonyl (C=O) groups excluding carboxylic acids is 2. The Morgan fingerprint density at radius 2 is 1.40 bits per heavy atom. The molecule has 124 valence electrons. The van der Waals surface area contributed by atoms with Gasteiger partial charge in [-0.25, -0.2) is 14.0 Å². The summed E-state index contributed by atoms with van der Waals surface area (Å²) in [4.78, 5) is 23.4. The molecule has 0 aromatic heterocycles. The molecule has 0 aliphatic carbocycles. The van der Waals surface area contributed by atoms with Gasteiger partial charge in [0.2, 0.25) is 0 Å². The number of rotatable bonds is 4. The van der Waals surface area contributed by atoms with Gasteiger partial charge in [0.1, 0.15) is 5.75 Å². The molecule has 0 unspecified atom stereocenters. The second kappa shape index (κ2) is 7.40. The smallest absolute Gasteiger partial charge is 0.336 e. The molecule has 0 fully saturated rings. The largest absolute Gasteiger partial charge is 0.423 e. The molecule has 0 aliphatic rings. The molecule has 0 atom stereocenters. The van der Waals surface area contributed by atoms with Crippen molar-refractivity contribution < 1.29 is 23.5 Å². The molecule has 0 N–H and O–H groups in total. The van der Waals surface area contributed by atoms with Gasteiger partial charge >= 0.3 is 11.9 Å². The van der Waals surface area contributed by atoms with Crippen molar-refractivity contribution in [1.29, 1.82) is 0 Å². The second-order valence-electron chi connectivity index (χ2n) is 5.11. The Labute approximate surface area is 143 Å². The first kappa shape index (κ1) is 16.4. The quantitative estimate of drug-likeness (QED) is 0.410. The van der Waals surface area contributed by atoms with E-state index in [-0.39, 0.29) is 5.75 Å². The van der Waals surface area contributed by atoms with Crippen molar-refractivity contribution in [3.8, 4) is 11.5 Å². The van der Waals surface area contributed by atoms with Gasteiger partial charge in [-0.05, 0) is 35.0 Å². The monoisotopic (exact) mass is 336 g/mol. The Balaban J connectivity index is 1.62. The first-order valence-electron chi connectivity index (χ1n) is 7.47. The standard InChI is InChI=1S/C20H13FO4/c21-17-7-3-4-8-18(17)25-20(23)12-11-19(22)24-16-10-9-14-5-1-2-6-15(14)13-16/h1-13H/b12-11+. The van der Waals surface area contributed by atoms with Crippen molar-refractivity contribution in [2.75, 3.05) is 0 Å². The number of hydrogen-bond acceptors (Lipinski definition) is 4. The highest BCUT2D eigenvalue weighted by Gasteiger charge is 2.07. The van der Waals surface area contributed by atoms with E-state index in [1.807, 2.05) is 30.3 Å². The zero-order chi connectivity index (χ0) is 17.6. The molecular weight excluding hydrogens is 323 g/mol. The summed E-state index contributed by atoms with van der Waals surface area (Å²) in [5.74, 6) is -2.12. The minimum Gasteiger partial charge on any atom is -0.423 e. The summed E-state index contributed by atoms with van der Waals surface area (Å²) in [7, 11) is 0. The SMILES string of the molecule is O=C(/C=C/C(=O)Oc1ccccc1F)Oc1ccc2ccccc2c1. The second-order valence-corrected chi connectivity index (χ2v) is 5.11. The van der Waals surface area contributed by atoms with Crippen LogP contribution in [0.3, 0.4) is 0 Å². The fourth-order valence-corrected chi connectivity index (χ4v) is 2.19. The molecular formula is C20H13FO4. The lowest BCUT2D eigenvalue weighted by Crippen LogP contribution is -2.09. The normalized spacial score (nSPS) is 10.8. The van der Waals surface area contributed by atoms with Gasteiger partial charge in [-0.2, -0.15) is 0 Å². The van der Waals surface area contributed by atoms with Crippen LogP contribution < -0.4 is 9.47 Å². The zero-order valence-electron chi connectivity index (χ0n) is 13.0. The lowest BCUT2D eigenvalue weighted by Gasteiger charge is -2.04. The van der Waals surface area contributed by atoms with Gasteiger partial charge in [0.05, 0.1) is 0 Å². The number of carbonyl (C=O) groups is 2. The maximum absolute atomic E-state index is 13.4. The minimum atomic E-state index is -0.874. The van der Waals surface area contributed by atoms with Crippen molar-refractivity contribution in [2.45, 2.75) is 0 Å². The molecule has 0 saturated heterocycles. The summed E-state index contributed by atoms with van der Waals surface area (Å²) in [5, 5.41) is 1.95. The number of fused-ring (bicyclic) bond motifs is 1. The molecule has 0 aliphatic heterocycles. The number of esters is 2. The van der Waals surface area contributed by atoms with Gasteiger partial charge < -0.3 is 9.47 Å². The molecule has 0 heterocycles. The predicted octanol–water partition coefficient (Wildman–Crippen LogP) is 4.05. The van der Waals surface area contributed by atoms with Crippen LogP contribution in [0.4, 0.5) is 4.39 Å². The third-order valence-corrected chi connectivity index (χ3v) is 3.34. The molecule has 3 rings (SSSR count). The molecule has 0 bridgehead atoms. The van der Waals surface area contributed by atoms with Gasteiger partial charge in [0.25, 0.3) is 0 Å². The summed E-state index contributed by atoms with van der Waals surface area (Å²) in [6.07, 6.45) is 1.81. The first-order chi connectivity index (χ1) is 12.1. The van der Waals surface area contributed by atoms with Crippen molar-refractivity contribution in [3.05, 3.63) is 84.7 Å². The van der Waals surface area contributed by atoms with E-state index in [2.05, 4.69) is 0 Å². The van der Waals surface area contributed by atoms with Crippen LogP contribution >= 0.6 is 0 Å². The Hall–Kier alpha value is -3.47. The number of para-hydroxylation sites is 1. The molecule has 0 spiro atoms. The Kier molecular flexibility index (Phi) is 4.85. The maximum Gasteiger partial charge on any atom is 0.336 e. The summed E-state index contributed by atoms with van der Waals surface area (Å²) >= 11 is 0. The Bertz CT molecular complexity index is 963. The molecule has 0 saturated carbocycles. The van der Waals surface area contributed by atoms with E-state index in [9.17, 15) is 14.0 Å². The van der Waals surface area contributed by atoms with Gasteiger partial charge in [-0.3, -0.25) is 0 Å². The molecule has 3 aromatic carbocycles. The molecule has 0 amide bonds. The zero-order valence-corrected chi connectivity index (χ0v) is 13.0. The Morgan fingerprint density at radius 3 is 2.16 bits per heavy atom. The Morgan fingerprint density at radius 1 is 0.760 bits per heavy atom. The van der Waals surface area contributed by atoms with Crippen LogP contribution in [0.1, 0.15) is 0 Å². The van der Waals surface area contributed by atoms with E-state index < -0.39 is 17.8 Å². The lowest BCUT2D eigenvalue weighted by atomic mass is 10.1. The fraction of sp³-hybridized carbons (Fsp3) is 0. The number of ether oxygens (including phenoxy) is 2. The van der Waals surface area contributed by atoms with E-state index in [0.717, 1.165) is 22.9 Å². The van der Waals surface area contributed by atoms with Crippen LogP contribution in [0.2, 0.25) is 0 Å². The number of hydrogen-bond donors (Lipinski definition) is 0. The van der Waals surface area contributed by atoms with Crippen LogP contribution in [-0.4, -0.2) is 11.9 Å². The topological polar surface area (TPSA) is 52.6 Å². The fourth-order valence-electron chi connectivity index (χ4n) is 2.19. The third kappa shape index (κ3) is 4.29. The lowest BCUT2D eigenvalue weighted by molar-refractivity contribution is -0.131. The minimum absolute atomic E-state index is 0.208. The first-order valence-corrected chi connectivity index (χ1v) is 7.47. The molecule has 4 nitrogen and oxygen atoms in total. The molecule has 3 aromatic rings. The van der Waals surface area contributed by atoms with E-state index >= 15 is 0 Å². The van der Waals surface area contributed by atoms with Crippen LogP contribution in [-0.2, 0) is 9.59 Å². The summed E-state index contributed by atoms with van der Waals surface area (Å²) in [5.41, 5.74) is 0. The van der Waals surface area contributed by atoms with Crippen molar-refractivity contribution in [1.82, 2.24) is 0 Å². The van der Waals surface area contributed by atoms with Crippen molar-refractivity contribution >= 4 is 22.7 Å². The van der Waals surface area contributed by atoms with Gasteiger partial charge in [0.15, 0.2) is 11.6 Å². The summed E-state index contributed by atoms with van der Waals surface area (Å²) < 4.78 is 23.3. The molecule has 25 heavy (non-hydrogen) atoms. The predicted molar refractivity (Wildman–Crippen MR) is 90.8 cm³/mol. The van der Waals surface area contributed by atoms with Crippen LogP contribution in [0.25, 0.3) is 10.8 Å². The van der Waals surface area contributed by atoms with Crippen molar-refractivity contribution in [3.63, 3.8) is 0 Å².